The zero-order chi connectivity index (χ0) is 60.7. The van der Waals surface area contributed by atoms with E-state index in [1.807, 2.05) is 0 Å². The number of rotatable bonds is 18. The number of phenols is 2. The predicted octanol–water partition coefficient (Wildman–Crippen LogP) is 2.30. The zero-order valence-corrected chi connectivity index (χ0v) is 48.5. The van der Waals surface area contributed by atoms with Crippen molar-refractivity contribution in [2.75, 3.05) is 6.61 Å². The van der Waals surface area contributed by atoms with Gasteiger partial charge in [-0.2, -0.15) is 0 Å². The Balaban J connectivity index is 1.02. The van der Waals surface area contributed by atoms with E-state index in [2.05, 4.69) is 0 Å². The summed E-state index contributed by atoms with van der Waals surface area (Å²) in [4.78, 5) is 42.0. The molecule has 2 aromatic carbocycles. The highest BCUT2D eigenvalue weighted by Crippen LogP contribution is 2.47. The van der Waals surface area contributed by atoms with Crippen LogP contribution in [0.15, 0.2) is 36.4 Å². The first-order valence-corrected chi connectivity index (χ1v) is 28.7. The molecule has 10 N–H and O–H groups in total. The van der Waals surface area contributed by atoms with Crippen LogP contribution in [-0.2, 0) is 63.4 Å². The van der Waals surface area contributed by atoms with Crippen molar-refractivity contribution < 1.29 is 118 Å². The van der Waals surface area contributed by atoms with Crippen molar-refractivity contribution in [3.8, 4) is 17.2 Å². The first-order valence-electron chi connectivity index (χ1n) is 28.7. The van der Waals surface area contributed by atoms with Gasteiger partial charge >= 0.3 is 5.97 Å². The number of aliphatic hydroxyl groups is 8. The summed E-state index contributed by atoms with van der Waals surface area (Å²) in [6, 6.07) is 3.00. The standard InChI is InChI=1S/C59H84O24/c1-11-12-13-14-41(62)78-38-19-44(75-28(6)51(38)65)82-39-20-43(74-29(7)52(39)66)79-36-17-33-15-32-16-34(54(68)50(64)24(2)26(4)61)57(56(70)48(32)55(69)47(33)49(63)25(36)3)83-45-21-40(53(67)30(8)76-45)81-42-18-37(35(23-60)27(5)73-42)80-46-22-59(10,72)58(71)31(9)77-46/h11-15,17,24,26-31,34-35,37-40,42-46,50-53,57-58,60-61,63-67,69,71-72H,16,18-23H2,1-10H3. The molecule has 8 rings (SSSR count). The Kier molecular flexibility index (Phi) is 20.9. The molecule has 25 atom stereocenters. The Morgan fingerprint density at radius 1 is 0.723 bits per heavy atom. The number of benzene rings is 2. The molecule has 0 amide bonds. The largest absolute Gasteiger partial charge is 0.507 e. The molecule has 2 aromatic rings. The van der Waals surface area contributed by atoms with E-state index >= 15 is 4.79 Å². The third-order valence-electron chi connectivity index (χ3n) is 17.3. The Morgan fingerprint density at radius 2 is 1.25 bits per heavy atom. The summed E-state index contributed by atoms with van der Waals surface area (Å²) in [6.07, 6.45) is -17.3. The summed E-state index contributed by atoms with van der Waals surface area (Å²) in [5, 5.41) is 111. The number of hydrogen-bond acceptors (Lipinski definition) is 24. The van der Waals surface area contributed by atoms with Crippen molar-refractivity contribution >= 4 is 28.3 Å². The molecule has 5 aliphatic heterocycles. The van der Waals surface area contributed by atoms with Crippen LogP contribution < -0.4 is 4.74 Å². The van der Waals surface area contributed by atoms with Crippen molar-refractivity contribution in [1.82, 2.24) is 0 Å². The topological polar surface area (TPSA) is 355 Å². The van der Waals surface area contributed by atoms with Gasteiger partial charge in [0.25, 0.3) is 0 Å². The van der Waals surface area contributed by atoms with Crippen molar-refractivity contribution in [3.63, 3.8) is 0 Å². The minimum Gasteiger partial charge on any atom is -0.507 e. The Morgan fingerprint density at radius 3 is 1.84 bits per heavy atom. The molecule has 25 unspecified atom stereocenters. The van der Waals surface area contributed by atoms with Gasteiger partial charge in [0.05, 0.1) is 84.0 Å². The first-order chi connectivity index (χ1) is 39.1. The van der Waals surface area contributed by atoms with Gasteiger partial charge in [0, 0.05) is 55.6 Å². The monoisotopic (exact) mass is 1180 g/mol. The molecule has 0 radical (unpaired) electrons. The molecule has 464 valence electrons. The fourth-order valence-corrected chi connectivity index (χ4v) is 12.0. The Labute approximate surface area is 481 Å². The summed E-state index contributed by atoms with van der Waals surface area (Å²) in [5.41, 5.74) is -1.53. The molecule has 0 spiro atoms. The van der Waals surface area contributed by atoms with Crippen LogP contribution in [0.4, 0.5) is 0 Å². The fourth-order valence-electron chi connectivity index (χ4n) is 12.0. The molecular weight excluding hydrogens is 1090 g/mol. The second kappa shape index (κ2) is 26.8. The fraction of sp³-hybridized carbons (Fsp3) is 0.712. The quantitative estimate of drug-likeness (QED) is 0.0581. The van der Waals surface area contributed by atoms with Gasteiger partial charge in [0.15, 0.2) is 36.7 Å². The molecule has 24 heteroatoms. The summed E-state index contributed by atoms with van der Waals surface area (Å²) >= 11 is 0. The number of Topliss-reactive ketones (excluding diaryl/α,β-unsaturated/α-hetero) is 2. The zero-order valence-electron chi connectivity index (χ0n) is 48.5. The lowest BCUT2D eigenvalue weighted by atomic mass is 9.74. The number of aliphatic hydroxyl groups excluding tert-OH is 7. The number of ether oxygens (including phenoxy) is 11. The maximum atomic E-state index is 15.0. The van der Waals surface area contributed by atoms with Gasteiger partial charge in [-0.25, -0.2) is 4.79 Å². The number of allylic oxidation sites excluding steroid dienone is 3. The number of carbonyl (C=O) groups excluding carboxylic acids is 3. The molecule has 0 bridgehead atoms. The van der Waals surface area contributed by atoms with Crippen LogP contribution in [0.25, 0.3) is 10.8 Å². The van der Waals surface area contributed by atoms with Gasteiger partial charge in [-0.15, -0.1) is 0 Å². The third-order valence-corrected chi connectivity index (χ3v) is 17.3. The number of aromatic hydroxyl groups is 2. The van der Waals surface area contributed by atoms with E-state index in [0.29, 0.717) is 0 Å². The second-order valence-electron chi connectivity index (χ2n) is 23.5. The van der Waals surface area contributed by atoms with E-state index in [1.165, 1.54) is 52.0 Å². The normalized spacial score (nSPS) is 40.0. The van der Waals surface area contributed by atoms with Crippen LogP contribution in [0, 0.1) is 24.7 Å². The summed E-state index contributed by atoms with van der Waals surface area (Å²) < 4.78 is 67.3. The molecular formula is C59H84O24. The highest BCUT2D eigenvalue weighted by atomic mass is 16.7. The van der Waals surface area contributed by atoms with E-state index in [4.69, 9.17) is 52.1 Å². The smallest absolute Gasteiger partial charge is 0.331 e. The van der Waals surface area contributed by atoms with Gasteiger partial charge in [0.2, 0.25) is 6.29 Å². The lowest BCUT2D eigenvalue weighted by Gasteiger charge is -2.46. The van der Waals surface area contributed by atoms with Crippen LogP contribution in [0.3, 0.4) is 0 Å². The highest BCUT2D eigenvalue weighted by Gasteiger charge is 2.51. The third kappa shape index (κ3) is 14.1. The van der Waals surface area contributed by atoms with Crippen LogP contribution >= 0.6 is 0 Å². The molecule has 24 nitrogen and oxygen atoms in total. The maximum absolute atomic E-state index is 15.0. The number of fused-ring (bicyclic) bond motifs is 2. The summed E-state index contributed by atoms with van der Waals surface area (Å²) in [5.74, 6) is -6.43. The van der Waals surface area contributed by atoms with E-state index in [1.54, 1.807) is 53.7 Å². The van der Waals surface area contributed by atoms with Gasteiger partial charge in [0.1, 0.15) is 60.0 Å². The molecule has 5 heterocycles. The van der Waals surface area contributed by atoms with Gasteiger partial charge in [-0.1, -0.05) is 25.2 Å². The van der Waals surface area contributed by atoms with Crippen molar-refractivity contribution in [1.29, 1.82) is 0 Å². The molecule has 0 aromatic heterocycles. The van der Waals surface area contributed by atoms with Crippen molar-refractivity contribution in [2.24, 2.45) is 17.8 Å². The van der Waals surface area contributed by atoms with Gasteiger partial charge in [-0.3, -0.25) is 9.59 Å². The van der Waals surface area contributed by atoms with Crippen molar-refractivity contribution in [2.45, 2.75) is 242 Å². The number of ketones is 2. The van der Waals surface area contributed by atoms with Crippen LogP contribution in [0.5, 0.6) is 17.2 Å². The molecule has 0 saturated carbocycles. The van der Waals surface area contributed by atoms with E-state index in [-0.39, 0.29) is 78.3 Å². The summed E-state index contributed by atoms with van der Waals surface area (Å²) in [7, 11) is 0. The molecule has 5 saturated heterocycles. The van der Waals surface area contributed by atoms with Gasteiger partial charge < -0.3 is 103 Å². The van der Waals surface area contributed by atoms with E-state index < -0.39 is 182 Å². The number of carbonyl (C=O) groups is 3. The van der Waals surface area contributed by atoms with Crippen molar-refractivity contribution in [3.05, 3.63) is 53.1 Å². The summed E-state index contributed by atoms with van der Waals surface area (Å²) in [6.45, 7) is 15.4. The van der Waals surface area contributed by atoms with Gasteiger partial charge in [-0.05, 0) is 91.8 Å². The number of hydrogen-bond donors (Lipinski definition) is 10. The SMILES string of the molecule is CC=CC=CC(=O)OC1CC(OC2CC(Oc3cc4cc5c(c(O)c4c(O)c3C)C(=O)C(OC3CC(OC4CC(OC6CC(C)(O)C(O)C(C)O6)C(CO)C(C)O4)C(O)C(C)O3)C(C(=O)C(O)C(C)C(C)O)C5)OC(C)C2O)OC(C)C1O. The number of esters is 1. The molecule has 5 fully saturated rings. The second-order valence-corrected chi connectivity index (χ2v) is 23.5. The Bertz CT molecular complexity index is 2660. The molecule has 1 aliphatic carbocycles. The van der Waals surface area contributed by atoms with E-state index in [0.717, 1.165) is 0 Å². The minimum absolute atomic E-state index is 0.0361. The lowest BCUT2D eigenvalue weighted by molar-refractivity contribution is -0.330. The average molecular weight is 1180 g/mol. The predicted molar refractivity (Wildman–Crippen MR) is 289 cm³/mol. The van der Waals surface area contributed by atoms with Crippen LogP contribution in [0.2, 0.25) is 0 Å². The molecule has 83 heavy (non-hydrogen) atoms. The van der Waals surface area contributed by atoms with Crippen LogP contribution in [0.1, 0.15) is 116 Å². The van der Waals surface area contributed by atoms with E-state index in [9.17, 15) is 60.7 Å². The lowest BCUT2D eigenvalue weighted by Crippen LogP contribution is -2.57. The Hall–Kier alpha value is -4.29. The maximum Gasteiger partial charge on any atom is 0.331 e. The first kappa shape index (κ1) is 64.7. The highest BCUT2D eigenvalue weighted by molar-refractivity contribution is 6.12. The molecule has 6 aliphatic rings. The minimum atomic E-state index is -1.79. The number of phenolic OH excluding ortho intramolecular Hbond substituents is 2. The average Bonchev–Trinajstić information content (AvgIpc) is 1.51. The van der Waals surface area contributed by atoms with Crippen LogP contribution in [-0.4, -0.2) is 210 Å².